The molecule has 1 N–H and O–H groups in total. The number of rotatable bonds is 3. The van der Waals surface area contributed by atoms with Gasteiger partial charge in [0.1, 0.15) is 0 Å². The van der Waals surface area contributed by atoms with Gasteiger partial charge in [0.15, 0.2) is 5.96 Å². The lowest BCUT2D eigenvalue weighted by Crippen LogP contribution is -2.53. The van der Waals surface area contributed by atoms with Crippen molar-refractivity contribution in [2.24, 2.45) is 10.9 Å². The van der Waals surface area contributed by atoms with Crippen LogP contribution in [0.15, 0.2) is 4.99 Å². The normalized spacial score (nSPS) is 29.4. The van der Waals surface area contributed by atoms with Crippen LogP contribution in [-0.2, 0) is 14.3 Å². The number of likely N-dealkylation sites (tertiary alicyclic amines) is 1. The second kappa shape index (κ2) is 8.16. The summed E-state index contributed by atoms with van der Waals surface area (Å²) in [7, 11) is 3.28. The molecule has 7 heteroatoms. The molecule has 0 bridgehead atoms. The second-order valence-corrected chi connectivity index (χ2v) is 6.96. The number of guanidine groups is 1. The third-order valence-electron chi connectivity index (χ3n) is 5.49. The average Bonchev–Trinajstić information content (AvgIpc) is 3.10. The Bertz CT molecular complexity index is 463. The minimum Gasteiger partial charge on any atom is -0.469 e. The van der Waals surface area contributed by atoms with E-state index in [-0.39, 0.29) is 18.0 Å². The molecule has 0 aromatic carbocycles. The number of esters is 1. The summed E-state index contributed by atoms with van der Waals surface area (Å²) in [5.41, 5.74) is 0. The van der Waals surface area contributed by atoms with E-state index in [1.165, 1.54) is 26.5 Å². The van der Waals surface area contributed by atoms with E-state index < -0.39 is 0 Å². The summed E-state index contributed by atoms with van der Waals surface area (Å²) in [5, 5.41) is 3.45. The first-order valence-electron chi connectivity index (χ1n) is 9.10. The molecule has 3 heterocycles. The van der Waals surface area contributed by atoms with Crippen LogP contribution in [0.2, 0.25) is 0 Å². The summed E-state index contributed by atoms with van der Waals surface area (Å²) >= 11 is 0. The lowest BCUT2D eigenvalue weighted by Gasteiger charge is -2.37. The van der Waals surface area contributed by atoms with Gasteiger partial charge in [-0.2, -0.15) is 0 Å². The number of aliphatic imine (C=N–C) groups is 1. The number of nitrogens with zero attached hydrogens (tertiary/aromatic N) is 3. The summed E-state index contributed by atoms with van der Waals surface area (Å²) in [6, 6.07) is 0.637. The summed E-state index contributed by atoms with van der Waals surface area (Å²) < 4.78 is 10.8. The first-order valence-corrected chi connectivity index (χ1v) is 9.10. The van der Waals surface area contributed by atoms with Gasteiger partial charge in [0.25, 0.3) is 0 Å². The molecule has 0 aliphatic carbocycles. The maximum Gasteiger partial charge on any atom is 0.308 e. The van der Waals surface area contributed by atoms with Gasteiger partial charge in [-0.05, 0) is 32.2 Å². The molecule has 136 valence electrons. The third kappa shape index (κ3) is 4.00. The Morgan fingerprint density at radius 3 is 2.79 bits per heavy atom. The minimum absolute atomic E-state index is 0.0260. The molecule has 7 nitrogen and oxygen atoms in total. The van der Waals surface area contributed by atoms with Crippen LogP contribution in [0.5, 0.6) is 0 Å². The highest BCUT2D eigenvalue weighted by atomic mass is 16.5. The number of methoxy groups -OCH3 is 1. The van der Waals surface area contributed by atoms with E-state index in [1.54, 1.807) is 0 Å². The quantitative estimate of drug-likeness (QED) is 0.454. The van der Waals surface area contributed by atoms with Gasteiger partial charge in [-0.25, -0.2) is 0 Å². The number of nitrogens with one attached hydrogen (secondary N) is 1. The molecule has 3 fully saturated rings. The summed E-state index contributed by atoms with van der Waals surface area (Å²) in [6.07, 6.45) is 4.44. The summed E-state index contributed by atoms with van der Waals surface area (Å²) in [5.74, 6) is 0.844. The molecular formula is C17H30N4O3. The van der Waals surface area contributed by atoms with E-state index in [2.05, 4.69) is 20.1 Å². The molecule has 24 heavy (non-hydrogen) atoms. The highest BCUT2D eigenvalue weighted by molar-refractivity contribution is 5.80. The van der Waals surface area contributed by atoms with Gasteiger partial charge >= 0.3 is 5.97 Å². The third-order valence-corrected chi connectivity index (χ3v) is 5.49. The SMILES string of the molecule is CN=C(NCC1CN2CCCC2CO1)N1CCC(C(=O)OC)CC1. The summed E-state index contributed by atoms with van der Waals surface area (Å²) in [6.45, 7) is 5.53. The standard InChI is InChI=1S/C17H30N4O3/c1-18-17(20-8-5-13(6-9-20)16(22)23-2)19-10-15-11-21-7-3-4-14(21)12-24-15/h13-15H,3-12H2,1-2H3,(H,18,19). The van der Waals surface area contributed by atoms with Crippen molar-refractivity contribution in [3.05, 3.63) is 0 Å². The van der Waals surface area contributed by atoms with Crippen LogP contribution in [0.1, 0.15) is 25.7 Å². The Kier molecular flexibility index (Phi) is 5.94. The smallest absolute Gasteiger partial charge is 0.308 e. The molecule has 0 aromatic rings. The topological polar surface area (TPSA) is 66.4 Å². The fourth-order valence-electron chi connectivity index (χ4n) is 4.04. The van der Waals surface area contributed by atoms with Gasteiger partial charge in [-0.1, -0.05) is 0 Å². The lowest BCUT2D eigenvalue weighted by molar-refractivity contribution is -0.146. The average molecular weight is 338 g/mol. The van der Waals surface area contributed by atoms with Crippen LogP contribution >= 0.6 is 0 Å². The van der Waals surface area contributed by atoms with Crippen molar-refractivity contribution in [1.29, 1.82) is 0 Å². The second-order valence-electron chi connectivity index (χ2n) is 6.96. The maximum atomic E-state index is 11.6. The molecule has 3 aliphatic heterocycles. The van der Waals surface area contributed by atoms with Crippen LogP contribution in [-0.4, -0.2) is 87.4 Å². The fraction of sp³-hybridized carbons (Fsp3) is 0.882. The van der Waals surface area contributed by atoms with E-state index in [1.807, 2.05) is 7.05 Å². The number of carbonyl (C=O) groups excluding carboxylic acids is 1. The number of fused-ring (bicyclic) bond motifs is 1. The zero-order valence-corrected chi connectivity index (χ0v) is 14.9. The Morgan fingerprint density at radius 1 is 1.29 bits per heavy atom. The maximum absolute atomic E-state index is 11.6. The number of piperidine rings is 1. The van der Waals surface area contributed by atoms with Gasteiger partial charge in [0.2, 0.25) is 0 Å². The van der Waals surface area contributed by atoms with E-state index in [9.17, 15) is 4.79 Å². The molecule has 0 spiro atoms. The highest BCUT2D eigenvalue weighted by Gasteiger charge is 2.32. The zero-order chi connectivity index (χ0) is 16.9. The molecule has 2 atom stereocenters. The fourth-order valence-corrected chi connectivity index (χ4v) is 4.04. The predicted molar refractivity (Wildman–Crippen MR) is 92.0 cm³/mol. The molecular weight excluding hydrogens is 308 g/mol. The van der Waals surface area contributed by atoms with E-state index in [4.69, 9.17) is 9.47 Å². The van der Waals surface area contributed by atoms with Crippen molar-refractivity contribution in [2.45, 2.75) is 37.8 Å². The zero-order valence-electron chi connectivity index (χ0n) is 14.9. The molecule has 2 unspecified atom stereocenters. The first-order chi connectivity index (χ1) is 11.7. The van der Waals surface area contributed by atoms with Gasteiger partial charge in [-0.15, -0.1) is 0 Å². The first kappa shape index (κ1) is 17.5. The van der Waals surface area contributed by atoms with Crippen LogP contribution in [0.25, 0.3) is 0 Å². The van der Waals surface area contributed by atoms with Crippen molar-refractivity contribution < 1.29 is 14.3 Å². The predicted octanol–water partition coefficient (Wildman–Crippen LogP) is 0.310. The van der Waals surface area contributed by atoms with Crippen molar-refractivity contribution in [2.75, 3.05) is 53.5 Å². The van der Waals surface area contributed by atoms with Gasteiger partial charge < -0.3 is 19.7 Å². The van der Waals surface area contributed by atoms with E-state index in [0.29, 0.717) is 6.04 Å². The van der Waals surface area contributed by atoms with Crippen molar-refractivity contribution in [1.82, 2.24) is 15.1 Å². The lowest BCUT2D eigenvalue weighted by atomic mass is 9.97. The molecule has 0 amide bonds. The number of morpholine rings is 1. The van der Waals surface area contributed by atoms with Crippen LogP contribution < -0.4 is 5.32 Å². The number of hydrogen-bond donors (Lipinski definition) is 1. The Hall–Kier alpha value is -1.34. The van der Waals surface area contributed by atoms with Crippen LogP contribution in [0, 0.1) is 5.92 Å². The molecule has 0 aromatic heterocycles. The van der Waals surface area contributed by atoms with E-state index >= 15 is 0 Å². The summed E-state index contributed by atoms with van der Waals surface area (Å²) in [4.78, 5) is 20.8. The molecule has 0 radical (unpaired) electrons. The Labute approximate surface area is 144 Å². The number of carbonyl (C=O) groups is 1. The number of ether oxygens (including phenoxy) is 2. The minimum atomic E-state index is -0.0895. The monoisotopic (exact) mass is 338 g/mol. The molecule has 0 saturated carbocycles. The van der Waals surface area contributed by atoms with Gasteiger partial charge in [0.05, 0.1) is 25.7 Å². The molecule has 3 aliphatic rings. The van der Waals surface area contributed by atoms with Gasteiger partial charge in [-0.3, -0.25) is 14.7 Å². The molecule has 3 saturated heterocycles. The van der Waals surface area contributed by atoms with Crippen LogP contribution in [0.3, 0.4) is 0 Å². The largest absolute Gasteiger partial charge is 0.469 e. The van der Waals surface area contributed by atoms with E-state index in [0.717, 1.165) is 51.6 Å². The number of hydrogen-bond acceptors (Lipinski definition) is 5. The molecule has 3 rings (SSSR count). The Morgan fingerprint density at radius 2 is 2.08 bits per heavy atom. The highest BCUT2D eigenvalue weighted by Crippen LogP contribution is 2.22. The van der Waals surface area contributed by atoms with Crippen molar-refractivity contribution >= 4 is 11.9 Å². The van der Waals surface area contributed by atoms with Crippen molar-refractivity contribution in [3.63, 3.8) is 0 Å². The Balaban J connectivity index is 1.43. The van der Waals surface area contributed by atoms with Gasteiger partial charge in [0, 0.05) is 39.3 Å². The van der Waals surface area contributed by atoms with Crippen molar-refractivity contribution in [3.8, 4) is 0 Å². The van der Waals surface area contributed by atoms with Crippen LogP contribution in [0.4, 0.5) is 0 Å².